The number of aliphatic imine (C=N–C) groups is 1. The number of benzene rings is 1. The molecular weight excluding hydrogens is 276 g/mol. The van der Waals surface area contributed by atoms with E-state index in [9.17, 15) is 5.11 Å². The Balaban J connectivity index is 2.10. The van der Waals surface area contributed by atoms with Gasteiger partial charge in [-0.2, -0.15) is 0 Å². The first-order chi connectivity index (χ1) is 9.20. The average molecular weight is 288 g/mol. The number of hydrogen-bond donors (Lipinski definition) is 1. The lowest BCUT2D eigenvalue weighted by atomic mass is 10.1. The lowest BCUT2D eigenvalue weighted by molar-refractivity contribution is 0.419. The second-order valence-corrected chi connectivity index (χ2v) is 5.85. The minimum Gasteiger partial charge on any atom is -0.493 e. The van der Waals surface area contributed by atoms with Gasteiger partial charge in [-0.1, -0.05) is 18.2 Å². The average Bonchev–Trinajstić information content (AvgIpc) is 2.93. The van der Waals surface area contributed by atoms with Crippen LogP contribution in [0, 0.1) is 3.95 Å². The van der Waals surface area contributed by atoms with Crippen molar-refractivity contribution in [2.24, 2.45) is 4.99 Å². The number of aromatic nitrogens is 1. The van der Waals surface area contributed by atoms with Crippen LogP contribution in [0.3, 0.4) is 0 Å². The standard InChI is InChI=1S/C14H12N2OS2/c1-2-16-13(17)12(19-14(16)18)7-9-8-15-11-6-4-3-5-10(9)11/h3-8,17H,2H2,1H3/b9-7-. The molecule has 0 unspecified atom stereocenters. The smallest absolute Gasteiger partial charge is 0.210 e. The van der Waals surface area contributed by atoms with Crippen molar-refractivity contribution in [2.75, 3.05) is 0 Å². The quantitative estimate of drug-likeness (QED) is 0.838. The molecule has 1 aromatic carbocycles. The van der Waals surface area contributed by atoms with Crippen LogP contribution >= 0.6 is 23.6 Å². The molecule has 0 saturated carbocycles. The molecule has 2 heterocycles. The van der Waals surface area contributed by atoms with E-state index in [-0.39, 0.29) is 5.88 Å². The Bertz CT molecular complexity index is 753. The van der Waals surface area contributed by atoms with Crippen molar-refractivity contribution in [3.05, 3.63) is 38.7 Å². The summed E-state index contributed by atoms with van der Waals surface area (Å²) in [6.07, 6.45) is 3.76. The van der Waals surface area contributed by atoms with Crippen molar-refractivity contribution in [3.8, 4) is 5.88 Å². The number of allylic oxidation sites excluding steroid dienone is 1. The van der Waals surface area contributed by atoms with Crippen molar-refractivity contribution < 1.29 is 5.11 Å². The molecule has 0 fully saturated rings. The molecule has 1 aliphatic rings. The molecule has 3 rings (SSSR count). The van der Waals surface area contributed by atoms with Crippen LogP contribution in [0.2, 0.25) is 0 Å². The van der Waals surface area contributed by atoms with Gasteiger partial charge in [0, 0.05) is 23.9 Å². The third kappa shape index (κ3) is 2.05. The molecule has 5 heteroatoms. The summed E-state index contributed by atoms with van der Waals surface area (Å²) in [4.78, 5) is 5.14. The zero-order valence-electron chi connectivity index (χ0n) is 10.3. The number of nitrogens with zero attached hydrogens (tertiary/aromatic N) is 2. The second-order valence-electron chi connectivity index (χ2n) is 4.18. The zero-order valence-corrected chi connectivity index (χ0v) is 12.0. The van der Waals surface area contributed by atoms with Gasteiger partial charge >= 0.3 is 0 Å². The van der Waals surface area contributed by atoms with Crippen LogP contribution in [0.1, 0.15) is 17.4 Å². The van der Waals surface area contributed by atoms with Crippen LogP contribution in [0.15, 0.2) is 29.3 Å². The SMILES string of the molecule is CCn1c(O)c(/C=C2/C=Nc3ccccc32)sc1=S. The Labute approximate surface area is 120 Å². The molecule has 0 aliphatic carbocycles. The highest BCUT2D eigenvalue weighted by Gasteiger charge is 2.14. The lowest BCUT2D eigenvalue weighted by Crippen LogP contribution is -1.91. The van der Waals surface area contributed by atoms with Gasteiger partial charge in [0.15, 0.2) is 3.95 Å². The van der Waals surface area contributed by atoms with Gasteiger partial charge in [-0.15, -0.1) is 11.3 Å². The fourth-order valence-electron chi connectivity index (χ4n) is 2.08. The molecular formula is C14H12N2OS2. The van der Waals surface area contributed by atoms with E-state index in [2.05, 4.69) is 4.99 Å². The maximum absolute atomic E-state index is 10.1. The normalized spacial score (nSPS) is 15.1. The van der Waals surface area contributed by atoms with Crippen molar-refractivity contribution in [3.63, 3.8) is 0 Å². The highest BCUT2D eigenvalue weighted by Crippen LogP contribution is 2.35. The molecule has 2 aromatic rings. The van der Waals surface area contributed by atoms with Crippen LogP contribution in [0.5, 0.6) is 5.88 Å². The van der Waals surface area contributed by atoms with E-state index in [1.165, 1.54) is 11.3 Å². The van der Waals surface area contributed by atoms with Crippen molar-refractivity contribution in [1.82, 2.24) is 4.57 Å². The van der Waals surface area contributed by atoms with Gasteiger partial charge in [-0.3, -0.25) is 9.56 Å². The lowest BCUT2D eigenvalue weighted by Gasteiger charge is -2.00. The topological polar surface area (TPSA) is 37.5 Å². The summed E-state index contributed by atoms with van der Waals surface area (Å²) < 4.78 is 2.42. The summed E-state index contributed by atoms with van der Waals surface area (Å²) in [5, 5.41) is 10.1. The fraction of sp³-hybridized carbons (Fsp3) is 0.143. The van der Waals surface area contributed by atoms with E-state index in [1.54, 1.807) is 4.57 Å². The molecule has 0 bridgehead atoms. The molecule has 1 aromatic heterocycles. The van der Waals surface area contributed by atoms with Gasteiger partial charge < -0.3 is 5.11 Å². The maximum atomic E-state index is 10.1. The fourth-order valence-corrected chi connectivity index (χ4v) is 3.47. The van der Waals surface area contributed by atoms with Gasteiger partial charge in [-0.05, 0) is 31.3 Å². The van der Waals surface area contributed by atoms with E-state index in [0.717, 1.165) is 21.7 Å². The van der Waals surface area contributed by atoms with Gasteiger partial charge in [-0.25, -0.2) is 0 Å². The maximum Gasteiger partial charge on any atom is 0.210 e. The van der Waals surface area contributed by atoms with Crippen LogP contribution in [0.4, 0.5) is 5.69 Å². The Morgan fingerprint density at radius 3 is 2.95 bits per heavy atom. The van der Waals surface area contributed by atoms with Crippen molar-refractivity contribution in [1.29, 1.82) is 0 Å². The van der Waals surface area contributed by atoms with Crippen LogP contribution in [-0.4, -0.2) is 15.9 Å². The molecule has 0 spiro atoms. The number of fused-ring (bicyclic) bond motifs is 1. The summed E-state index contributed by atoms with van der Waals surface area (Å²) in [6.45, 7) is 2.64. The minimum absolute atomic E-state index is 0.239. The summed E-state index contributed by atoms with van der Waals surface area (Å²) in [7, 11) is 0. The summed E-state index contributed by atoms with van der Waals surface area (Å²) in [5.74, 6) is 0.239. The van der Waals surface area contributed by atoms with Crippen molar-refractivity contribution >= 4 is 47.1 Å². The monoisotopic (exact) mass is 288 g/mol. The number of rotatable bonds is 2. The van der Waals surface area contributed by atoms with E-state index in [0.29, 0.717) is 10.5 Å². The molecule has 3 nitrogen and oxygen atoms in total. The summed E-state index contributed by atoms with van der Waals surface area (Å²) >= 11 is 6.65. The highest BCUT2D eigenvalue weighted by molar-refractivity contribution is 7.73. The predicted molar refractivity (Wildman–Crippen MR) is 82.9 cm³/mol. The van der Waals surface area contributed by atoms with Gasteiger partial charge in [0.25, 0.3) is 0 Å². The molecule has 96 valence electrons. The van der Waals surface area contributed by atoms with Gasteiger partial charge in [0.2, 0.25) is 5.88 Å². The van der Waals surface area contributed by atoms with Crippen LogP contribution in [-0.2, 0) is 6.54 Å². The number of thiazole rings is 1. The third-order valence-electron chi connectivity index (χ3n) is 3.05. The number of aromatic hydroxyl groups is 1. The molecule has 1 N–H and O–H groups in total. The molecule has 0 saturated heterocycles. The Morgan fingerprint density at radius 1 is 1.42 bits per heavy atom. The Hall–Kier alpha value is -1.72. The second kappa shape index (κ2) is 4.75. The number of hydrogen-bond acceptors (Lipinski definition) is 4. The first-order valence-electron chi connectivity index (χ1n) is 5.98. The molecule has 0 radical (unpaired) electrons. The van der Waals surface area contributed by atoms with Crippen molar-refractivity contribution in [2.45, 2.75) is 13.5 Å². The van der Waals surface area contributed by atoms with E-state index >= 15 is 0 Å². The minimum atomic E-state index is 0.239. The molecule has 1 aliphatic heterocycles. The molecule has 0 atom stereocenters. The Kier molecular flexibility index (Phi) is 3.08. The first kappa shape index (κ1) is 12.3. The number of para-hydroxylation sites is 1. The van der Waals surface area contributed by atoms with Gasteiger partial charge in [0.1, 0.15) is 0 Å². The van der Waals surface area contributed by atoms with Crippen LogP contribution < -0.4 is 0 Å². The molecule has 0 amide bonds. The van der Waals surface area contributed by atoms with Gasteiger partial charge in [0.05, 0.1) is 10.6 Å². The largest absolute Gasteiger partial charge is 0.493 e. The van der Waals surface area contributed by atoms with Crippen LogP contribution in [0.25, 0.3) is 11.6 Å². The van der Waals surface area contributed by atoms with E-state index in [4.69, 9.17) is 12.2 Å². The summed E-state index contributed by atoms with van der Waals surface area (Å²) in [6, 6.07) is 7.96. The third-order valence-corrected chi connectivity index (χ3v) is 4.44. The first-order valence-corrected chi connectivity index (χ1v) is 7.21. The highest BCUT2D eigenvalue weighted by atomic mass is 32.1. The van der Waals surface area contributed by atoms with E-state index < -0.39 is 0 Å². The Morgan fingerprint density at radius 2 is 2.21 bits per heavy atom. The van der Waals surface area contributed by atoms with E-state index in [1.807, 2.05) is 43.5 Å². The summed E-state index contributed by atoms with van der Waals surface area (Å²) in [5.41, 5.74) is 3.06. The zero-order chi connectivity index (χ0) is 13.4. The molecule has 19 heavy (non-hydrogen) atoms. The predicted octanol–water partition coefficient (Wildman–Crippen LogP) is 4.26.